The lowest BCUT2D eigenvalue weighted by atomic mass is 10.3. The fourth-order valence-corrected chi connectivity index (χ4v) is 3.85. The number of amides is 1. The topological polar surface area (TPSA) is 64.1 Å². The molecule has 0 aliphatic carbocycles. The second-order valence-corrected chi connectivity index (χ2v) is 7.85. The number of halogens is 1. The normalized spacial score (nSPS) is 10.6. The van der Waals surface area contributed by atoms with Crippen LogP contribution >= 0.6 is 23.7 Å². The molecule has 0 radical (unpaired) electrons. The monoisotopic (exact) mass is 465 g/mol. The minimum Gasteiger partial charge on any atom is -0.497 e. The van der Waals surface area contributed by atoms with Crippen LogP contribution in [-0.2, 0) is 4.79 Å². The number of aromatic nitrogens is 1. The Morgan fingerprint density at radius 1 is 1.03 bits per heavy atom. The van der Waals surface area contributed by atoms with E-state index >= 15 is 0 Å². The first kappa shape index (κ1) is 24.7. The van der Waals surface area contributed by atoms with Crippen LogP contribution in [0.4, 0.5) is 5.13 Å². The molecule has 3 rings (SSSR count). The van der Waals surface area contributed by atoms with E-state index in [0.29, 0.717) is 30.6 Å². The van der Waals surface area contributed by atoms with Gasteiger partial charge in [0.15, 0.2) is 11.7 Å². The summed E-state index contributed by atoms with van der Waals surface area (Å²) in [5, 5.41) is 0.641. The SMILES string of the molecule is CCOc1cccc2sc(N(CCN(C)C)C(=O)COc3ccc(OC)cc3)nc12.Cl. The first-order chi connectivity index (χ1) is 14.5. The van der Waals surface area contributed by atoms with Crippen molar-refractivity contribution >= 4 is 45.0 Å². The summed E-state index contributed by atoms with van der Waals surface area (Å²) in [5.41, 5.74) is 0.776. The Morgan fingerprint density at radius 3 is 2.39 bits per heavy atom. The van der Waals surface area contributed by atoms with Crippen LogP contribution in [0.2, 0.25) is 0 Å². The highest BCUT2D eigenvalue weighted by Gasteiger charge is 2.21. The van der Waals surface area contributed by atoms with E-state index in [4.69, 9.17) is 19.2 Å². The number of ether oxygens (including phenoxy) is 3. The molecule has 1 heterocycles. The number of carbonyl (C=O) groups is 1. The van der Waals surface area contributed by atoms with Crippen molar-refractivity contribution in [2.75, 3.05) is 52.4 Å². The van der Waals surface area contributed by atoms with Crippen LogP contribution in [0, 0.1) is 0 Å². The minimum atomic E-state index is -0.148. The second-order valence-electron chi connectivity index (χ2n) is 6.85. The molecular weight excluding hydrogens is 438 g/mol. The maximum Gasteiger partial charge on any atom is 0.266 e. The molecule has 0 spiro atoms. The van der Waals surface area contributed by atoms with Crippen molar-refractivity contribution in [1.82, 2.24) is 9.88 Å². The molecule has 0 fully saturated rings. The van der Waals surface area contributed by atoms with Crippen LogP contribution in [-0.4, -0.2) is 63.3 Å². The first-order valence-corrected chi connectivity index (χ1v) is 10.6. The van der Waals surface area contributed by atoms with Gasteiger partial charge < -0.3 is 19.1 Å². The largest absolute Gasteiger partial charge is 0.497 e. The molecule has 0 saturated carbocycles. The Labute approximate surface area is 192 Å². The number of carbonyl (C=O) groups excluding carboxylic acids is 1. The summed E-state index contributed by atoms with van der Waals surface area (Å²) in [5.74, 6) is 1.93. The lowest BCUT2D eigenvalue weighted by molar-refractivity contribution is -0.120. The third kappa shape index (κ3) is 6.46. The van der Waals surface area contributed by atoms with E-state index < -0.39 is 0 Å². The Balaban J connectivity index is 0.00000341. The average Bonchev–Trinajstić information content (AvgIpc) is 3.17. The number of fused-ring (bicyclic) bond motifs is 1. The van der Waals surface area contributed by atoms with Gasteiger partial charge in [0, 0.05) is 13.1 Å². The molecule has 0 atom stereocenters. The summed E-state index contributed by atoms with van der Waals surface area (Å²) >= 11 is 1.48. The predicted octanol–water partition coefficient (Wildman–Crippen LogP) is 4.10. The fraction of sp³-hybridized carbons (Fsp3) is 0.364. The summed E-state index contributed by atoms with van der Waals surface area (Å²) in [6, 6.07) is 13.0. The molecule has 3 aromatic rings. The van der Waals surface area contributed by atoms with Gasteiger partial charge in [-0.25, -0.2) is 4.98 Å². The number of thiazole rings is 1. The Bertz CT molecular complexity index is 979. The molecule has 0 aliphatic heterocycles. The molecular formula is C22H28ClN3O4S. The van der Waals surface area contributed by atoms with Crippen molar-refractivity contribution in [3.05, 3.63) is 42.5 Å². The number of anilines is 1. The molecule has 1 aromatic heterocycles. The molecule has 0 unspecified atom stereocenters. The molecule has 2 aromatic carbocycles. The second kappa shape index (κ2) is 11.7. The standard InChI is InChI=1S/C22H27N3O4S.ClH/c1-5-28-18-7-6-8-19-21(18)23-22(30-19)25(14-13-24(2)3)20(26)15-29-17-11-9-16(27-4)10-12-17;/h6-12H,5,13-15H2,1-4H3;1H. The van der Waals surface area contributed by atoms with Gasteiger partial charge >= 0.3 is 0 Å². The fourth-order valence-electron chi connectivity index (χ4n) is 2.82. The summed E-state index contributed by atoms with van der Waals surface area (Å²) in [4.78, 5) is 21.5. The van der Waals surface area contributed by atoms with E-state index in [0.717, 1.165) is 21.7 Å². The highest BCUT2D eigenvalue weighted by atomic mass is 35.5. The van der Waals surface area contributed by atoms with Crippen molar-refractivity contribution in [2.45, 2.75) is 6.92 Å². The Hall–Kier alpha value is -2.55. The van der Waals surface area contributed by atoms with Gasteiger partial charge in [-0.05, 0) is 57.4 Å². The summed E-state index contributed by atoms with van der Waals surface area (Å²) in [6.07, 6.45) is 0. The van der Waals surface area contributed by atoms with Crippen molar-refractivity contribution in [3.63, 3.8) is 0 Å². The van der Waals surface area contributed by atoms with E-state index in [1.165, 1.54) is 11.3 Å². The van der Waals surface area contributed by atoms with Gasteiger partial charge in [-0.3, -0.25) is 9.69 Å². The van der Waals surface area contributed by atoms with Crippen molar-refractivity contribution < 1.29 is 19.0 Å². The lowest BCUT2D eigenvalue weighted by Crippen LogP contribution is -2.39. The van der Waals surface area contributed by atoms with Gasteiger partial charge in [-0.1, -0.05) is 17.4 Å². The molecule has 7 nitrogen and oxygen atoms in total. The Morgan fingerprint density at radius 2 is 1.74 bits per heavy atom. The predicted molar refractivity (Wildman–Crippen MR) is 127 cm³/mol. The number of para-hydroxylation sites is 1. The smallest absolute Gasteiger partial charge is 0.266 e. The van der Waals surface area contributed by atoms with Gasteiger partial charge in [0.1, 0.15) is 22.8 Å². The highest BCUT2D eigenvalue weighted by Crippen LogP contribution is 2.34. The number of benzene rings is 2. The van der Waals surface area contributed by atoms with Gasteiger partial charge in [-0.2, -0.15) is 0 Å². The molecule has 9 heteroatoms. The van der Waals surface area contributed by atoms with Crippen LogP contribution < -0.4 is 19.1 Å². The van der Waals surface area contributed by atoms with E-state index in [1.807, 2.05) is 44.1 Å². The minimum absolute atomic E-state index is 0. The molecule has 0 N–H and O–H groups in total. The zero-order valence-electron chi connectivity index (χ0n) is 18.2. The van der Waals surface area contributed by atoms with Gasteiger partial charge in [-0.15, -0.1) is 12.4 Å². The average molecular weight is 466 g/mol. The molecule has 0 saturated heterocycles. The van der Waals surface area contributed by atoms with Crippen LogP contribution in [0.25, 0.3) is 10.2 Å². The number of likely N-dealkylation sites (N-methyl/N-ethyl adjacent to an activating group) is 1. The number of nitrogens with zero attached hydrogens (tertiary/aromatic N) is 3. The molecule has 1 amide bonds. The van der Waals surface area contributed by atoms with Crippen LogP contribution in [0.5, 0.6) is 17.2 Å². The summed E-state index contributed by atoms with van der Waals surface area (Å²) in [7, 11) is 5.56. The number of methoxy groups -OCH3 is 1. The van der Waals surface area contributed by atoms with E-state index in [-0.39, 0.29) is 24.9 Å². The third-order valence-electron chi connectivity index (χ3n) is 4.40. The zero-order chi connectivity index (χ0) is 21.5. The highest BCUT2D eigenvalue weighted by molar-refractivity contribution is 7.22. The van der Waals surface area contributed by atoms with Crippen molar-refractivity contribution in [3.8, 4) is 17.2 Å². The third-order valence-corrected chi connectivity index (χ3v) is 5.44. The van der Waals surface area contributed by atoms with Gasteiger partial charge in [0.2, 0.25) is 0 Å². The number of rotatable bonds is 10. The molecule has 31 heavy (non-hydrogen) atoms. The number of hydrogen-bond acceptors (Lipinski definition) is 7. The molecule has 0 aliphatic rings. The first-order valence-electron chi connectivity index (χ1n) is 9.76. The van der Waals surface area contributed by atoms with Crippen LogP contribution in [0.15, 0.2) is 42.5 Å². The van der Waals surface area contributed by atoms with E-state index in [2.05, 4.69) is 0 Å². The quantitative estimate of drug-likeness (QED) is 0.449. The van der Waals surface area contributed by atoms with Crippen LogP contribution in [0.1, 0.15) is 6.92 Å². The van der Waals surface area contributed by atoms with Gasteiger partial charge in [0.05, 0.1) is 18.4 Å². The number of hydrogen-bond donors (Lipinski definition) is 0. The zero-order valence-corrected chi connectivity index (χ0v) is 19.8. The lowest BCUT2D eigenvalue weighted by Gasteiger charge is -2.22. The maximum atomic E-state index is 13.0. The van der Waals surface area contributed by atoms with E-state index in [1.54, 1.807) is 36.3 Å². The van der Waals surface area contributed by atoms with E-state index in [9.17, 15) is 4.79 Å². The van der Waals surface area contributed by atoms with Crippen molar-refractivity contribution in [2.24, 2.45) is 0 Å². The summed E-state index contributed by atoms with van der Waals surface area (Å²) in [6.45, 7) is 3.65. The van der Waals surface area contributed by atoms with Gasteiger partial charge in [0.25, 0.3) is 5.91 Å². The Kier molecular flexibility index (Phi) is 9.36. The summed E-state index contributed by atoms with van der Waals surface area (Å²) < 4.78 is 17.5. The van der Waals surface area contributed by atoms with Crippen LogP contribution in [0.3, 0.4) is 0 Å². The molecule has 0 bridgehead atoms. The maximum absolute atomic E-state index is 13.0. The van der Waals surface area contributed by atoms with Crippen molar-refractivity contribution in [1.29, 1.82) is 0 Å². The molecule has 168 valence electrons.